The van der Waals surface area contributed by atoms with E-state index in [4.69, 9.17) is 25.3 Å². The number of fused-ring (bicyclic) bond motifs is 2. The SMILES string of the molecule is [Hg+2].[S-]c1cccc2cccnc12.[S-]c1cccc2cccnc12. The minimum Gasteiger partial charge on any atom is -0.778 e. The zero-order chi connectivity index (χ0) is 15.4. The summed E-state index contributed by atoms with van der Waals surface area (Å²) in [5.41, 5.74) is 1.84. The normalized spacial score (nSPS) is 9.74. The molecule has 0 saturated heterocycles. The Morgan fingerprint density at radius 2 is 0.957 bits per heavy atom. The van der Waals surface area contributed by atoms with E-state index in [2.05, 4.69) is 9.97 Å². The molecule has 2 aromatic heterocycles. The Bertz CT molecular complexity index is 841. The molecule has 0 amide bonds. The van der Waals surface area contributed by atoms with E-state index in [9.17, 15) is 0 Å². The van der Waals surface area contributed by atoms with Crippen LogP contribution in [-0.2, 0) is 52.9 Å². The quantitative estimate of drug-likeness (QED) is 0.255. The van der Waals surface area contributed by atoms with Gasteiger partial charge in [0.2, 0.25) is 0 Å². The third kappa shape index (κ3) is 4.34. The van der Waals surface area contributed by atoms with Crippen molar-refractivity contribution in [2.24, 2.45) is 0 Å². The monoisotopic (exact) mass is 522 g/mol. The second-order valence-corrected chi connectivity index (χ2v) is 5.54. The van der Waals surface area contributed by atoms with Crippen LogP contribution in [0.4, 0.5) is 0 Å². The van der Waals surface area contributed by atoms with Crippen molar-refractivity contribution in [1.82, 2.24) is 9.97 Å². The summed E-state index contributed by atoms with van der Waals surface area (Å²) in [6.45, 7) is 0. The fourth-order valence-electron chi connectivity index (χ4n) is 2.15. The molecule has 0 aliphatic heterocycles. The average molecular weight is 521 g/mol. The minimum absolute atomic E-state index is 0. The molecule has 4 aromatic rings. The van der Waals surface area contributed by atoms with Gasteiger partial charge in [-0.05, 0) is 22.9 Å². The predicted octanol–water partition coefficient (Wildman–Crippen LogP) is 4.28. The first-order chi connectivity index (χ1) is 10.8. The maximum absolute atomic E-state index is 5.09. The summed E-state index contributed by atoms with van der Waals surface area (Å²) < 4.78 is 0. The molecule has 0 bridgehead atoms. The van der Waals surface area contributed by atoms with Gasteiger partial charge in [0, 0.05) is 12.4 Å². The van der Waals surface area contributed by atoms with Crippen molar-refractivity contribution in [1.29, 1.82) is 0 Å². The number of nitrogens with zero attached hydrogens (tertiary/aromatic N) is 2. The van der Waals surface area contributed by atoms with E-state index < -0.39 is 0 Å². The molecule has 0 atom stereocenters. The van der Waals surface area contributed by atoms with Crippen LogP contribution in [0.25, 0.3) is 21.8 Å². The molecule has 2 aromatic carbocycles. The van der Waals surface area contributed by atoms with Crippen LogP contribution in [0, 0.1) is 0 Å². The van der Waals surface area contributed by atoms with Gasteiger partial charge in [-0.3, -0.25) is 9.97 Å². The average Bonchev–Trinajstić information content (AvgIpc) is 2.57. The van der Waals surface area contributed by atoms with E-state index in [-0.39, 0.29) is 27.7 Å². The van der Waals surface area contributed by atoms with Gasteiger partial charge in [0.25, 0.3) is 0 Å². The maximum Gasteiger partial charge on any atom is 2.00 e. The Balaban J connectivity index is 0.000000160. The zero-order valence-corrected chi connectivity index (χ0v) is 19.5. The van der Waals surface area contributed by atoms with Crippen molar-refractivity contribution >= 4 is 47.1 Å². The molecule has 4 rings (SSSR count). The van der Waals surface area contributed by atoms with Crippen LogP contribution < -0.4 is 0 Å². The number of hydrogen-bond donors (Lipinski definition) is 0. The standard InChI is InChI=1S/2C9H7NS.Hg/c2*11-8-5-1-3-7-4-2-6-10-9(7)8;/h2*1-6,11H;/q;;+2/p-2. The van der Waals surface area contributed by atoms with Gasteiger partial charge >= 0.3 is 27.7 Å². The molecule has 0 spiro atoms. The van der Waals surface area contributed by atoms with Crippen LogP contribution in [0.3, 0.4) is 0 Å². The van der Waals surface area contributed by atoms with Crippen molar-refractivity contribution in [3.8, 4) is 0 Å². The topological polar surface area (TPSA) is 25.8 Å². The third-order valence-corrected chi connectivity index (χ3v) is 3.85. The second-order valence-electron chi connectivity index (χ2n) is 4.66. The van der Waals surface area contributed by atoms with E-state index in [0.29, 0.717) is 0 Å². The van der Waals surface area contributed by atoms with Gasteiger partial charge in [-0.15, -0.1) is 9.79 Å². The molecule has 108 valence electrons. The van der Waals surface area contributed by atoms with Crippen LogP contribution in [0.15, 0.2) is 82.8 Å². The summed E-state index contributed by atoms with van der Waals surface area (Å²) in [5, 5.41) is 2.22. The summed E-state index contributed by atoms with van der Waals surface area (Å²) in [6.07, 6.45) is 3.52. The first-order valence-corrected chi connectivity index (χ1v) is 7.59. The summed E-state index contributed by atoms with van der Waals surface area (Å²) in [6, 6.07) is 19.6. The van der Waals surface area contributed by atoms with E-state index >= 15 is 0 Å². The van der Waals surface area contributed by atoms with E-state index in [1.54, 1.807) is 12.4 Å². The van der Waals surface area contributed by atoms with Gasteiger partial charge in [-0.2, -0.15) is 0 Å². The summed E-state index contributed by atoms with van der Waals surface area (Å²) in [7, 11) is 0. The minimum atomic E-state index is 0. The van der Waals surface area contributed by atoms with E-state index in [1.165, 1.54) is 0 Å². The molecule has 23 heavy (non-hydrogen) atoms. The van der Waals surface area contributed by atoms with Gasteiger partial charge in [-0.25, -0.2) is 0 Å². The Labute approximate surface area is 166 Å². The van der Waals surface area contributed by atoms with E-state index in [0.717, 1.165) is 31.6 Å². The smallest absolute Gasteiger partial charge is 0.778 e. The molecule has 0 aliphatic carbocycles. The van der Waals surface area contributed by atoms with Gasteiger partial charge in [0.15, 0.2) is 0 Å². The number of benzene rings is 2. The molecule has 0 saturated carbocycles. The molecule has 0 fully saturated rings. The van der Waals surface area contributed by atoms with Crippen molar-refractivity contribution in [2.45, 2.75) is 9.79 Å². The first kappa shape index (κ1) is 18.0. The molecule has 0 unspecified atom stereocenters. The second kappa shape index (κ2) is 8.48. The Morgan fingerprint density at radius 1 is 0.565 bits per heavy atom. The molecular weight excluding hydrogens is 509 g/mol. The van der Waals surface area contributed by atoms with Gasteiger partial charge in [-0.1, -0.05) is 48.5 Å². The summed E-state index contributed by atoms with van der Waals surface area (Å²) in [5.74, 6) is 0. The molecule has 5 heteroatoms. The number of para-hydroxylation sites is 2. The molecule has 0 aliphatic rings. The van der Waals surface area contributed by atoms with Gasteiger partial charge in [0.1, 0.15) is 0 Å². The number of aromatic nitrogens is 2. The van der Waals surface area contributed by atoms with Crippen LogP contribution >= 0.6 is 0 Å². The fraction of sp³-hybridized carbons (Fsp3) is 0. The van der Waals surface area contributed by atoms with Crippen molar-refractivity contribution in [3.63, 3.8) is 0 Å². The molecule has 0 N–H and O–H groups in total. The molecular formula is C18H12HgN2S2. The predicted molar refractivity (Wildman–Crippen MR) is 94.7 cm³/mol. The third-order valence-electron chi connectivity index (χ3n) is 3.19. The van der Waals surface area contributed by atoms with Crippen LogP contribution in [0.5, 0.6) is 0 Å². The van der Waals surface area contributed by atoms with Gasteiger partial charge < -0.3 is 25.3 Å². The van der Waals surface area contributed by atoms with Crippen molar-refractivity contribution in [2.75, 3.05) is 0 Å². The largest absolute Gasteiger partial charge is 2.00 e. The molecule has 2 heterocycles. The Morgan fingerprint density at radius 3 is 1.35 bits per heavy atom. The van der Waals surface area contributed by atoms with Crippen LogP contribution in [-0.4, -0.2) is 9.97 Å². The molecule has 2 nitrogen and oxygen atoms in total. The van der Waals surface area contributed by atoms with Gasteiger partial charge in [0.05, 0.1) is 11.0 Å². The Kier molecular flexibility index (Phi) is 6.63. The maximum atomic E-state index is 5.09. The fourth-order valence-corrected chi connectivity index (χ4v) is 2.65. The first-order valence-electron chi connectivity index (χ1n) is 6.77. The summed E-state index contributed by atoms with van der Waals surface area (Å²) >= 11 is 10.2. The number of rotatable bonds is 0. The van der Waals surface area contributed by atoms with Crippen LogP contribution in [0.1, 0.15) is 0 Å². The zero-order valence-electron chi connectivity index (χ0n) is 12.3. The number of pyridine rings is 2. The number of hydrogen-bond acceptors (Lipinski definition) is 4. The van der Waals surface area contributed by atoms with Crippen LogP contribution in [0.2, 0.25) is 0 Å². The van der Waals surface area contributed by atoms with Crippen molar-refractivity contribution < 1.29 is 27.7 Å². The molecule has 0 radical (unpaired) electrons. The summed E-state index contributed by atoms with van der Waals surface area (Å²) in [4.78, 5) is 10.00. The van der Waals surface area contributed by atoms with E-state index in [1.807, 2.05) is 60.7 Å². The van der Waals surface area contributed by atoms with Crippen molar-refractivity contribution in [3.05, 3.63) is 73.1 Å². The Hall–Kier alpha value is -1.36.